The number of nitrogens with zero attached hydrogens (tertiary/aromatic N) is 2. The number of ether oxygens (including phenoxy) is 2. The summed E-state index contributed by atoms with van der Waals surface area (Å²) in [6, 6.07) is 8.49. The van der Waals surface area contributed by atoms with Gasteiger partial charge in [-0.1, -0.05) is 12.2 Å². The van der Waals surface area contributed by atoms with Crippen LogP contribution in [0.2, 0.25) is 0 Å². The van der Waals surface area contributed by atoms with Gasteiger partial charge in [0, 0.05) is 30.6 Å². The van der Waals surface area contributed by atoms with Crippen LogP contribution in [0.4, 0.5) is 13.2 Å². The first-order chi connectivity index (χ1) is 18.4. The van der Waals surface area contributed by atoms with Gasteiger partial charge >= 0.3 is 5.97 Å². The summed E-state index contributed by atoms with van der Waals surface area (Å²) in [6.45, 7) is 2.65. The van der Waals surface area contributed by atoms with Crippen molar-refractivity contribution in [2.24, 2.45) is 5.92 Å². The number of hydrogen-bond donors (Lipinski definition) is 1. The summed E-state index contributed by atoms with van der Waals surface area (Å²) in [5.41, 5.74) is 1.27. The number of rotatable bonds is 14. The van der Waals surface area contributed by atoms with Crippen molar-refractivity contribution in [3.8, 4) is 5.75 Å². The summed E-state index contributed by atoms with van der Waals surface area (Å²) in [6.07, 6.45) is 5.63. The van der Waals surface area contributed by atoms with Crippen LogP contribution in [0, 0.1) is 23.4 Å². The monoisotopic (exact) mass is 530 g/mol. The predicted molar refractivity (Wildman–Crippen MR) is 140 cm³/mol. The minimum Gasteiger partial charge on any atom is -0.497 e. The molecule has 0 aliphatic carbocycles. The zero-order chi connectivity index (χ0) is 27.5. The summed E-state index contributed by atoms with van der Waals surface area (Å²) in [4.78, 5) is 18.7. The summed E-state index contributed by atoms with van der Waals surface area (Å²) >= 11 is 0. The van der Waals surface area contributed by atoms with Crippen molar-refractivity contribution in [2.45, 2.75) is 26.2 Å². The number of methoxy groups -OCH3 is 1. The average molecular weight is 531 g/mol. The Morgan fingerprint density at radius 3 is 2.71 bits per heavy atom. The lowest BCUT2D eigenvalue weighted by Gasteiger charge is -2.25. The first-order valence-electron chi connectivity index (χ1n) is 12.6. The van der Waals surface area contributed by atoms with Crippen LogP contribution >= 0.6 is 0 Å². The topological polar surface area (TPSA) is 71.9 Å². The third kappa shape index (κ3) is 8.03. The second kappa shape index (κ2) is 14.5. The Morgan fingerprint density at radius 1 is 1.16 bits per heavy atom. The van der Waals surface area contributed by atoms with E-state index < -0.39 is 23.4 Å². The number of aliphatic hydroxyl groups is 1. The third-order valence-electron chi connectivity index (χ3n) is 6.25. The number of benzene rings is 2. The molecule has 1 aromatic heterocycles. The Labute approximate surface area is 220 Å². The van der Waals surface area contributed by atoms with Crippen LogP contribution in [-0.2, 0) is 16.0 Å². The molecular weight excluding hydrogens is 497 g/mol. The zero-order valence-electron chi connectivity index (χ0n) is 21.6. The van der Waals surface area contributed by atoms with Gasteiger partial charge < -0.3 is 14.6 Å². The van der Waals surface area contributed by atoms with Crippen molar-refractivity contribution in [2.75, 3.05) is 40.0 Å². The lowest BCUT2D eigenvalue weighted by Crippen LogP contribution is -2.36. The van der Waals surface area contributed by atoms with E-state index >= 15 is 0 Å². The maximum Gasteiger partial charge on any atom is 0.310 e. The van der Waals surface area contributed by atoms with E-state index in [0.29, 0.717) is 48.0 Å². The number of carbonyl (C=O) groups excluding carboxylic acids is 1. The van der Waals surface area contributed by atoms with E-state index in [1.165, 1.54) is 12.3 Å². The first kappa shape index (κ1) is 29.1. The maximum atomic E-state index is 14.7. The molecule has 0 fully saturated rings. The van der Waals surface area contributed by atoms with Crippen LogP contribution in [0.3, 0.4) is 0 Å². The molecule has 0 saturated carbocycles. The molecule has 0 aliphatic rings. The Morgan fingerprint density at radius 2 is 1.97 bits per heavy atom. The second-order valence-corrected chi connectivity index (χ2v) is 8.86. The molecular formula is C29H33F3N2O4. The molecule has 6 nitrogen and oxygen atoms in total. The summed E-state index contributed by atoms with van der Waals surface area (Å²) in [5, 5.41) is 10.2. The van der Waals surface area contributed by atoms with Crippen LogP contribution in [0.5, 0.6) is 5.75 Å². The number of fused-ring (bicyclic) bond motifs is 1. The molecule has 0 bridgehead atoms. The number of pyridine rings is 1. The smallest absolute Gasteiger partial charge is 0.310 e. The first-order valence-corrected chi connectivity index (χ1v) is 12.6. The van der Waals surface area contributed by atoms with Crippen molar-refractivity contribution >= 4 is 22.9 Å². The fourth-order valence-corrected chi connectivity index (χ4v) is 4.33. The molecule has 0 aliphatic heterocycles. The van der Waals surface area contributed by atoms with Gasteiger partial charge in [0.15, 0.2) is 0 Å². The van der Waals surface area contributed by atoms with E-state index in [2.05, 4.69) is 4.98 Å². The largest absolute Gasteiger partial charge is 0.497 e. The van der Waals surface area contributed by atoms with Gasteiger partial charge in [0.2, 0.25) is 0 Å². The molecule has 0 amide bonds. The highest BCUT2D eigenvalue weighted by molar-refractivity contribution is 5.83. The maximum absolute atomic E-state index is 14.7. The summed E-state index contributed by atoms with van der Waals surface area (Å²) < 4.78 is 52.6. The molecule has 0 spiro atoms. The number of aryl methyl sites for hydroxylation is 1. The van der Waals surface area contributed by atoms with E-state index in [4.69, 9.17) is 9.47 Å². The lowest BCUT2D eigenvalue weighted by atomic mass is 9.97. The van der Waals surface area contributed by atoms with Gasteiger partial charge in [-0.25, -0.2) is 13.2 Å². The molecule has 0 saturated heterocycles. The fourth-order valence-electron chi connectivity index (χ4n) is 4.33. The number of halogens is 3. The van der Waals surface area contributed by atoms with Crippen molar-refractivity contribution in [1.82, 2.24) is 9.88 Å². The Hall–Kier alpha value is -3.43. The van der Waals surface area contributed by atoms with Gasteiger partial charge in [0.25, 0.3) is 0 Å². The molecule has 38 heavy (non-hydrogen) atoms. The minimum absolute atomic E-state index is 0.110. The van der Waals surface area contributed by atoms with E-state index in [1.807, 2.05) is 4.90 Å². The highest BCUT2D eigenvalue weighted by Gasteiger charge is 2.23. The predicted octanol–water partition coefficient (Wildman–Crippen LogP) is 5.17. The van der Waals surface area contributed by atoms with E-state index in [0.717, 1.165) is 18.2 Å². The molecule has 1 unspecified atom stereocenters. The van der Waals surface area contributed by atoms with Crippen LogP contribution < -0.4 is 4.74 Å². The van der Waals surface area contributed by atoms with Gasteiger partial charge in [0.1, 0.15) is 23.2 Å². The van der Waals surface area contributed by atoms with Gasteiger partial charge in [0.05, 0.1) is 38.0 Å². The molecule has 2 aromatic carbocycles. The fraction of sp³-hybridized carbons (Fsp3) is 0.379. The van der Waals surface area contributed by atoms with Gasteiger partial charge in [-0.15, -0.1) is 0 Å². The number of carbonyl (C=O) groups is 1. The average Bonchev–Trinajstić information content (AvgIpc) is 2.91. The quantitative estimate of drug-likeness (QED) is 0.290. The van der Waals surface area contributed by atoms with Crippen molar-refractivity contribution in [3.05, 3.63) is 77.2 Å². The number of aromatic nitrogens is 1. The molecule has 9 heteroatoms. The van der Waals surface area contributed by atoms with Gasteiger partial charge in [-0.3, -0.25) is 14.7 Å². The lowest BCUT2D eigenvalue weighted by molar-refractivity contribution is -0.149. The van der Waals surface area contributed by atoms with Gasteiger partial charge in [-0.05, 0) is 68.1 Å². The number of esters is 1. The van der Waals surface area contributed by atoms with Crippen molar-refractivity contribution < 1.29 is 32.5 Å². The van der Waals surface area contributed by atoms with E-state index in [1.54, 1.807) is 38.3 Å². The normalized spacial score (nSPS) is 12.4. The summed E-state index contributed by atoms with van der Waals surface area (Å²) in [5.74, 6) is -1.81. The molecule has 3 rings (SSSR count). The van der Waals surface area contributed by atoms with Crippen LogP contribution in [-0.4, -0.2) is 60.9 Å². The zero-order valence-corrected chi connectivity index (χ0v) is 21.6. The Kier molecular flexibility index (Phi) is 11.1. The van der Waals surface area contributed by atoms with Crippen molar-refractivity contribution in [3.63, 3.8) is 0 Å². The van der Waals surface area contributed by atoms with Gasteiger partial charge in [-0.2, -0.15) is 0 Å². The molecule has 1 N–H and O–H groups in total. The number of aliphatic hydroxyl groups excluding tert-OH is 1. The van der Waals surface area contributed by atoms with E-state index in [9.17, 15) is 23.1 Å². The molecule has 3 aromatic rings. The van der Waals surface area contributed by atoms with Crippen molar-refractivity contribution in [1.29, 1.82) is 0 Å². The Bertz CT molecular complexity index is 1250. The standard InChI is InChI=1S/C29H33F3N2O4/c1-3-38-29(36)21(19-34(14-15-35)13-5-7-20-16-22(30)9-11-26(20)31)6-4-8-24-25-17-23(37-2)10-12-28(25)33-18-27(24)32/h5,7,9-12,16-18,21,35H,3-4,6,8,13-15,19H2,1-2H3. The number of hydrogen-bond acceptors (Lipinski definition) is 6. The highest BCUT2D eigenvalue weighted by atomic mass is 19.1. The van der Waals surface area contributed by atoms with Crippen LogP contribution in [0.15, 0.2) is 48.7 Å². The summed E-state index contributed by atoms with van der Waals surface area (Å²) in [7, 11) is 1.54. The van der Waals surface area contributed by atoms with Crippen LogP contribution in [0.1, 0.15) is 30.9 Å². The SMILES string of the molecule is CCOC(=O)C(CCCc1c(F)cnc2ccc(OC)cc12)CN(CC=Cc1cc(F)ccc1F)CCO. The molecule has 204 valence electrons. The van der Waals surface area contributed by atoms with E-state index in [-0.39, 0.29) is 37.8 Å². The second-order valence-electron chi connectivity index (χ2n) is 8.86. The molecule has 0 radical (unpaired) electrons. The van der Waals surface area contributed by atoms with Crippen LogP contribution in [0.25, 0.3) is 17.0 Å². The highest BCUT2D eigenvalue weighted by Crippen LogP contribution is 2.26. The molecule has 1 heterocycles. The third-order valence-corrected chi connectivity index (χ3v) is 6.25. The minimum atomic E-state index is -0.547. The molecule has 1 atom stereocenters. The Balaban J connectivity index is 1.71.